The molecule has 0 aliphatic rings. The molecule has 0 heterocycles. The number of primary amides is 1. The molecule has 0 saturated carbocycles. The summed E-state index contributed by atoms with van der Waals surface area (Å²) in [6.45, 7) is 0.770. The summed E-state index contributed by atoms with van der Waals surface area (Å²) in [5.41, 5.74) is 10.5. The van der Waals surface area contributed by atoms with E-state index in [1.807, 2.05) is 0 Å². The van der Waals surface area contributed by atoms with E-state index >= 15 is 0 Å². The summed E-state index contributed by atoms with van der Waals surface area (Å²) in [6.07, 6.45) is 2.71. The lowest BCUT2D eigenvalue weighted by atomic mass is 10.2. The standard InChI is InChI=1S/C7H11FN2O/c1-5(9)2-3-6(4-8)7(10)11/h2-3H,4,9H2,1H3,(H2,10,11)/b5-2+,6-3+. The van der Waals surface area contributed by atoms with Crippen LogP contribution in [-0.4, -0.2) is 12.6 Å². The Bertz CT molecular complexity index is 204. The third-order valence-corrected chi connectivity index (χ3v) is 1.01. The lowest BCUT2D eigenvalue weighted by Crippen LogP contribution is -2.15. The summed E-state index contributed by atoms with van der Waals surface area (Å²) in [5, 5.41) is 0. The van der Waals surface area contributed by atoms with Gasteiger partial charge in [0.2, 0.25) is 5.91 Å². The molecule has 0 radical (unpaired) electrons. The fourth-order valence-electron chi connectivity index (χ4n) is 0.425. The van der Waals surface area contributed by atoms with Crippen LogP contribution < -0.4 is 11.5 Å². The van der Waals surface area contributed by atoms with Gasteiger partial charge in [-0.25, -0.2) is 4.39 Å². The second-order valence-corrected chi connectivity index (χ2v) is 2.10. The highest BCUT2D eigenvalue weighted by Gasteiger charge is 2.00. The van der Waals surface area contributed by atoms with Gasteiger partial charge >= 0.3 is 0 Å². The van der Waals surface area contributed by atoms with Crippen LogP contribution in [0.2, 0.25) is 0 Å². The highest BCUT2D eigenvalue weighted by atomic mass is 19.1. The average Bonchev–Trinajstić information content (AvgIpc) is 1.87. The van der Waals surface area contributed by atoms with Crippen molar-refractivity contribution in [1.82, 2.24) is 0 Å². The van der Waals surface area contributed by atoms with Crippen molar-refractivity contribution in [3.05, 3.63) is 23.4 Å². The van der Waals surface area contributed by atoms with Gasteiger partial charge in [0.05, 0.1) is 0 Å². The van der Waals surface area contributed by atoms with Crippen molar-refractivity contribution in [2.24, 2.45) is 11.5 Å². The van der Waals surface area contributed by atoms with Crippen LogP contribution >= 0.6 is 0 Å². The summed E-state index contributed by atoms with van der Waals surface area (Å²) < 4.78 is 11.9. The molecule has 0 saturated heterocycles. The number of rotatable bonds is 3. The van der Waals surface area contributed by atoms with Crippen molar-refractivity contribution in [3.8, 4) is 0 Å². The zero-order valence-corrected chi connectivity index (χ0v) is 6.30. The van der Waals surface area contributed by atoms with Crippen molar-refractivity contribution < 1.29 is 9.18 Å². The molecule has 3 nitrogen and oxygen atoms in total. The summed E-state index contributed by atoms with van der Waals surface area (Å²) in [7, 11) is 0. The van der Waals surface area contributed by atoms with Crippen LogP contribution in [0.4, 0.5) is 4.39 Å². The highest BCUT2D eigenvalue weighted by molar-refractivity contribution is 5.92. The van der Waals surface area contributed by atoms with Crippen molar-refractivity contribution in [2.75, 3.05) is 6.67 Å². The third-order valence-electron chi connectivity index (χ3n) is 1.01. The number of carbonyl (C=O) groups excluding carboxylic acids is 1. The molecule has 62 valence electrons. The van der Waals surface area contributed by atoms with Crippen LogP contribution in [0.1, 0.15) is 6.92 Å². The van der Waals surface area contributed by atoms with E-state index in [0.717, 1.165) is 0 Å². The Morgan fingerprint density at radius 3 is 2.27 bits per heavy atom. The Balaban J connectivity index is 4.37. The molecular formula is C7H11FN2O. The first-order valence-electron chi connectivity index (χ1n) is 3.06. The van der Waals surface area contributed by atoms with Gasteiger partial charge in [0.15, 0.2) is 0 Å². The van der Waals surface area contributed by atoms with Gasteiger partial charge in [-0.15, -0.1) is 0 Å². The molecular weight excluding hydrogens is 147 g/mol. The largest absolute Gasteiger partial charge is 0.402 e. The number of hydrogen-bond donors (Lipinski definition) is 2. The summed E-state index contributed by atoms with van der Waals surface area (Å²) in [5.74, 6) is -0.759. The molecule has 11 heavy (non-hydrogen) atoms. The molecule has 0 unspecified atom stereocenters. The molecule has 0 bridgehead atoms. The zero-order valence-electron chi connectivity index (χ0n) is 6.30. The number of halogens is 1. The van der Waals surface area contributed by atoms with Gasteiger partial charge < -0.3 is 11.5 Å². The van der Waals surface area contributed by atoms with E-state index in [4.69, 9.17) is 11.5 Å². The molecule has 0 atom stereocenters. The molecule has 0 aromatic carbocycles. The minimum atomic E-state index is -0.862. The van der Waals surface area contributed by atoms with Gasteiger partial charge in [-0.3, -0.25) is 4.79 Å². The van der Waals surface area contributed by atoms with Gasteiger partial charge in [-0.1, -0.05) is 0 Å². The Labute approximate surface area is 64.6 Å². The van der Waals surface area contributed by atoms with Gasteiger partial charge in [0.1, 0.15) is 6.67 Å². The van der Waals surface area contributed by atoms with Crippen LogP contribution in [-0.2, 0) is 4.79 Å². The molecule has 0 aliphatic heterocycles. The summed E-state index contributed by atoms with van der Waals surface area (Å²) >= 11 is 0. The molecule has 4 heteroatoms. The average molecular weight is 158 g/mol. The molecule has 0 fully saturated rings. The molecule has 0 rings (SSSR count). The monoisotopic (exact) mass is 158 g/mol. The lowest BCUT2D eigenvalue weighted by molar-refractivity contribution is -0.114. The first kappa shape index (κ1) is 9.68. The van der Waals surface area contributed by atoms with Crippen molar-refractivity contribution in [3.63, 3.8) is 0 Å². The minimum absolute atomic E-state index is 0.0743. The van der Waals surface area contributed by atoms with Gasteiger partial charge in [-0.05, 0) is 19.1 Å². The normalized spacial score (nSPS) is 13.3. The van der Waals surface area contributed by atoms with Crippen molar-refractivity contribution in [2.45, 2.75) is 6.92 Å². The Morgan fingerprint density at radius 2 is 2.00 bits per heavy atom. The van der Waals surface area contributed by atoms with Crippen LogP contribution in [0.15, 0.2) is 23.4 Å². The topological polar surface area (TPSA) is 69.1 Å². The van der Waals surface area contributed by atoms with E-state index in [9.17, 15) is 9.18 Å². The zero-order chi connectivity index (χ0) is 8.85. The fourth-order valence-corrected chi connectivity index (χ4v) is 0.425. The van der Waals surface area contributed by atoms with Gasteiger partial charge in [0, 0.05) is 11.3 Å². The molecule has 0 aromatic rings. The molecule has 1 amide bonds. The second-order valence-electron chi connectivity index (χ2n) is 2.10. The van der Waals surface area contributed by atoms with Crippen LogP contribution in [0.5, 0.6) is 0 Å². The third kappa shape index (κ3) is 4.13. The molecule has 0 aliphatic carbocycles. The Morgan fingerprint density at radius 1 is 1.45 bits per heavy atom. The maximum atomic E-state index is 11.9. The smallest absolute Gasteiger partial charge is 0.247 e. The van der Waals surface area contributed by atoms with E-state index < -0.39 is 12.6 Å². The number of nitrogens with two attached hydrogens (primary N) is 2. The predicted molar refractivity (Wildman–Crippen MR) is 41.2 cm³/mol. The van der Waals surface area contributed by atoms with E-state index in [2.05, 4.69) is 0 Å². The first-order valence-corrected chi connectivity index (χ1v) is 3.06. The number of hydrogen-bond acceptors (Lipinski definition) is 2. The highest BCUT2D eigenvalue weighted by Crippen LogP contribution is 1.95. The number of alkyl halides is 1. The van der Waals surface area contributed by atoms with Gasteiger partial charge in [-0.2, -0.15) is 0 Å². The fraction of sp³-hybridized carbons (Fsp3) is 0.286. The van der Waals surface area contributed by atoms with Crippen LogP contribution in [0.3, 0.4) is 0 Å². The molecule has 0 aromatic heterocycles. The van der Waals surface area contributed by atoms with E-state index in [1.54, 1.807) is 6.92 Å². The van der Waals surface area contributed by atoms with Gasteiger partial charge in [0.25, 0.3) is 0 Å². The predicted octanol–water partition coefficient (Wildman–Crippen LogP) is 0.230. The Kier molecular flexibility index (Phi) is 3.95. The maximum Gasteiger partial charge on any atom is 0.247 e. The van der Waals surface area contributed by atoms with Crippen LogP contribution in [0, 0.1) is 0 Å². The Hall–Kier alpha value is -1.32. The summed E-state index contributed by atoms with van der Waals surface area (Å²) in [4.78, 5) is 10.4. The molecule has 0 spiro atoms. The van der Waals surface area contributed by atoms with Crippen LogP contribution in [0.25, 0.3) is 0 Å². The maximum absolute atomic E-state index is 11.9. The number of allylic oxidation sites excluding steroid dienone is 3. The quantitative estimate of drug-likeness (QED) is 0.456. The van der Waals surface area contributed by atoms with E-state index in [1.165, 1.54) is 12.2 Å². The SMILES string of the molecule is C/C(N)=C\C=C(/CF)C(N)=O. The number of carbonyl (C=O) groups is 1. The van der Waals surface area contributed by atoms with E-state index in [-0.39, 0.29) is 5.57 Å². The molecule has 4 N–H and O–H groups in total. The number of amides is 1. The first-order chi connectivity index (χ1) is 5.07. The van der Waals surface area contributed by atoms with E-state index in [0.29, 0.717) is 5.70 Å². The van der Waals surface area contributed by atoms with Crippen molar-refractivity contribution >= 4 is 5.91 Å². The lowest BCUT2D eigenvalue weighted by Gasteiger charge is -1.93. The minimum Gasteiger partial charge on any atom is -0.402 e. The summed E-state index contributed by atoms with van der Waals surface area (Å²) in [6, 6.07) is 0. The van der Waals surface area contributed by atoms with Crippen molar-refractivity contribution in [1.29, 1.82) is 0 Å². The second kappa shape index (κ2) is 4.49.